The molecule has 4 nitrogen and oxygen atoms in total. The van der Waals surface area contributed by atoms with Gasteiger partial charge in [-0.05, 0) is 32.0 Å². The van der Waals surface area contributed by atoms with Gasteiger partial charge in [-0.2, -0.15) is 4.31 Å². The van der Waals surface area contributed by atoms with Crippen LogP contribution in [0.1, 0.15) is 13.8 Å². The number of halogens is 3. The summed E-state index contributed by atoms with van der Waals surface area (Å²) in [4.78, 5) is -0.360. The van der Waals surface area contributed by atoms with Gasteiger partial charge in [0, 0.05) is 30.2 Å². The molecule has 1 aromatic carbocycles. The molecule has 1 aliphatic rings. The molecule has 1 heterocycles. The maximum absolute atomic E-state index is 13.7. The molecule has 0 amide bonds. The van der Waals surface area contributed by atoms with E-state index in [0.717, 1.165) is 12.1 Å². The molecule has 0 aromatic heterocycles. The Morgan fingerprint density at radius 1 is 1.30 bits per heavy atom. The van der Waals surface area contributed by atoms with E-state index in [0.29, 0.717) is 13.1 Å². The van der Waals surface area contributed by atoms with Gasteiger partial charge in [-0.1, -0.05) is 11.6 Å². The Morgan fingerprint density at radius 3 is 2.40 bits per heavy atom. The van der Waals surface area contributed by atoms with E-state index in [2.05, 4.69) is 5.32 Å². The van der Waals surface area contributed by atoms with Gasteiger partial charge in [0.2, 0.25) is 10.0 Å². The summed E-state index contributed by atoms with van der Waals surface area (Å²) in [5, 5.41) is 3.44. The van der Waals surface area contributed by atoms with E-state index in [9.17, 15) is 12.8 Å². The fourth-order valence-electron chi connectivity index (χ4n) is 2.29. The molecule has 1 N–H and O–H groups in total. The lowest BCUT2D eigenvalue weighted by atomic mass is 10.2. The second-order valence-corrected chi connectivity index (χ2v) is 7.21. The molecule has 20 heavy (non-hydrogen) atoms. The van der Waals surface area contributed by atoms with Crippen molar-refractivity contribution >= 4 is 34.0 Å². The van der Waals surface area contributed by atoms with Crippen molar-refractivity contribution < 1.29 is 12.8 Å². The lowest BCUT2D eigenvalue weighted by Crippen LogP contribution is -2.55. The highest BCUT2D eigenvalue weighted by Gasteiger charge is 2.33. The standard InChI is InChI=1S/C12H16ClFN2O2S.ClH/c1-8-6-16(7-9(2)15-8)19(17,18)12-5-10(13)3-4-11(12)14;/h3-5,8-9,15H,6-7H2,1-2H3;1H. The van der Waals surface area contributed by atoms with Crippen LogP contribution in [-0.4, -0.2) is 37.9 Å². The minimum absolute atomic E-state index is 0. The van der Waals surface area contributed by atoms with Crippen molar-refractivity contribution in [3.8, 4) is 0 Å². The van der Waals surface area contributed by atoms with Crippen LogP contribution in [0.3, 0.4) is 0 Å². The second-order valence-electron chi connectivity index (χ2n) is 4.87. The van der Waals surface area contributed by atoms with Gasteiger partial charge in [-0.3, -0.25) is 0 Å². The van der Waals surface area contributed by atoms with Crippen LogP contribution in [0, 0.1) is 5.82 Å². The average Bonchev–Trinajstić information content (AvgIpc) is 2.31. The van der Waals surface area contributed by atoms with E-state index in [4.69, 9.17) is 11.6 Å². The molecule has 114 valence electrons. The SMILES string of the molecule is CC1CN(S(=O)(=O)c2cc(Cl)ccc2F)CC(C)N1.Cl. The van der Waals surface area contributed by atoms with Gasteiger partial charge in [0.05, 0.1) is 0 Å². The molecule has 8 heteroatoms. The van der Waals surface area contributed by atoms with Crippen molar-refractivity contribution in [3.05, 3.63) is 29.0 Å². The molecule has 0 bridgehead atoms. The van der Waals surface area contributed by atoms with E-state index in [1.165, 1.54) is 10.4 Å². The van der Waals surface area contributed by atoms with E-state index < -0.39 is 15.8 Å². The number of hydrogen-bond acceptors (Lipinski definition) is 3. The first-order chi connectivity index (χ1) is 8.80. The summed E-state index contributed by atoms with van der Waals surface area (Å²) >= 11 is 5.76. The quantitative estimate of drug-likeness (QED) is 0.896. The molecule has 2 unspecified atom stereocenters. The van der Waals surface area contributed by atoms with Crippen LogP contribution in [0.4, 0.5) is 4.39 Å². The van der Waals surface area contributed by atoms with Gasteiger partial charge in [-0.15, -0.1) is 12.4 Å². The Hall–Kier alpha value is -0.400. The Balaban J connectivity index is 0.00000200. The number of benzene rings is 1. The van der Waals surface area contributed by atoms with Gasteiger partial charge in [0.1, 0.15) is 10.7 Å². The van der Waals surface area contributed by atoms with Crippen molar-refractivity contribution in [2.45, 2.75) is 30.8 Å². The van der Waals surface area contributed by atoms with Gasteiger partial charge in [-0.25, -0.2) is 12.8 Å². The Kier molecular flexibility index (Phi) is 5.80. The zero-order chi connectivity index (χ0) is 14.2. The topological polar surface area (TPSA) is 49.4 Å². The minimum Gasteiger partial charge on any atom is -0.309 e. The summed E-state index contributed by atoms with van der Waals surface area (Å²) in [6, 6.07) is 3.62. The van der Waals surface area contributed by atoms with Crippen molar-refractivity contribution in [1.82, 2.24) is 9.62 Å². The minimum atomic E-state index is -3.85. The van der Waals surface area contributed by atoms with Gasteiger partial charge >= 0.3 is 0 Å². The number of nitrogens with zero attached hydrogens (tertiary/aromatic N) is 1. The summed E-state index contributed by atoms with van der Waals surface area (Å²) in [5.74, 6) is -0.775. The first kappa shape index (κ1) is 17.7. The molecule has 1 aromatic rings. The maximum atomic E-state index is 13.7. The Labute approximate surface area is 129 Å². The van der Waals surface area contributed by atoms with Crippen molar-refractivity contribution in [1.29, 1.82) is 0 Å². The smallest absolute Gasteiger partial charge is 0.246 e. The summed E-state index contributed by atoms with van der Waals surface area (Å²) in [5.41, 5.74) is 0. The molecule has 1 saturated heterocycles. The molecule has 0 saturated carbocycles. The molecule has 0 spiro atoms. The highest BCUT2D eigenvalue weighted by atomic mass is 35.5. The van der Waals surface area contributed by atoms with Crippen molar-refractivity contribution in [2.24, 2.45) is 0 Å². The van der Waals surface area contributed by atoms with Crippen LogP contribution in [0.2, 0.25) is 5.02 Å². The second kappa shape index (κ2) is 6.58. The Morgan fingerprint density at radius 2 is 1.85 bits per heavy atom. The lowest BCUT2D eigenvalue weighted by Gasteiger charge is -2.35. The van der Waals surface area contributed by atoms with Gasteiger partial charge in [0.15, 0.2) is 0 Å². The maximum Gasteiger partial charge on any atom is 0.246 e. The van der Waals surface area contributed by atoms with Gasteiger partial charge < -0.3 is 5.32 Å². The largest absolute Gasteiger partial charge is 0.309 e. The predicted molar refractivity (Wildman–Crippen MR) is 79.5 cm³/mol. The normalized spacial score (nSPS) is 24.2. The van der Waals surface area contributed by atoms with E-state index in [1.807, 2.05) is 13.8 Å². The fourth-order valence-corrected chi connectivity index (χ4v) is 4.23. The average molecular weight is 343 g/mol. The zero-order valence-electron chi connectivity index (χ0n) is 11.1. The first-order valence-electron chi connectivity index (χ1n) is 6.02. The third kappa shape index (κ3) is 3.62. The van der Waals surface area contributed by atoms with Crippen LogP contribution in [0.25, 0.3) is 0 Å². The van der Waals surface area contributed by atoms with Crippen LogP contribution in [0.15, 0.2) is 23.1 Å². The number of piperazine rings is 1. The summed E-state index contributed by atoms with van der Waals surface area (Å²) in [6.45, 7) is 4.43. The summed E-state index contributed by atoms with van der Waals surface area (Å²) in [7, 11) is -3.85. The van der Waals surface area contributed by atoms with E-state index >= 15 is 0 Å². The molecule has 1 aliphatic heterocycles. The van der Waals surface area contributed by atoms with E-state index in [1.54, 1.807) is 0 Å². The number of sulfonamides is 1. The van der Waals surface area contributed by atoms with Crippen molar-refractivity contribution in [3.63, 3.8) is 0 Å². The molecular formula is C12H17Cl2FN2O2S. The third-order valence-corrected chi connectivity index (χ3v) is 5.12. The summed E-state index contributed by atoms with van der Waals surface area (Å²) in [6.07, 6.45) is 0. The number of rotatable bonds is 2. The molecule has 1 fully saturated rings. The zero-order valence-corrected chi connectivity index (χ0v) is 13.5. The number of nitrogens with one attached hydrogen (secondary N) is 1. The predicted octanol–water partition coefficient (Wildman–Crippen LogP) is 2.27. The third-order valence-electron chi connectivity index (χ3n) is 3.04. The van der Waals surface area contributed by atoms with Crippen LogP contribution < -0.4 is 5.32 Å². The van der Waals surface area contributed by atoms with Crippen LogP contribution in [-0.2, 0) is 10.0 Å². The summed E-state index contributed by atoms with van der Waals surface area (Å²) < 4.78 is 39.9. The molecule has 2 atom stereocenters. The Bertz CT molecular complexity index is 573. The number of hydrogen-bond donors (Lipinski definition) is 1. The first-order valence-corrected chi connectivity index (χ1v) is 7.84. The monoisotopic (exact) mass is 342 g/mol. The van der Waals surface area contributed by atoms with Crippen LogP contribution in [0.5, 0.6) is 0 Å². The highest BCUT2D eigenvalue weighted by molar-refractivity contribution is 7.89. The highest BCUT2D eigenvalue weighted by Crippen LogP contribution is 2.24. The molecule has 0 aliphatic carbocycles. The van der Waals surface area contributed by atoms with Crippen LogP contribution >= 0.6 is 24.0 Å². The molecule has 0 radical (unpaired) electrons. The molecular weight excluding hydrogens is 326 g/mol. The fraction of sp³-hybridized carbons (Fsp3) is 0.500. The van der Waals surface area contributed by atoms with E-state index in [-0.39, 0.29) is 34.4 Å². The van der Waals surface area contributed by atoms with Crippen molar-refractivity contribution in [2.75, 3.05) is 13.1 Å². The molecule has 2 rings (SSSR count). The van der Waals surface area contributed by atoms with Gasteiger partial charge in [0.25, 0.3) is 0 Å². The lowest BCUT2D eigenvalue weighted by molar-refractivity contribution is 0.262.